The number of carboxylic acid groups (broad SMARTS) is 1. The Bertz CT molecular complexity index is 433. The van der Waals surface area contributed by atoms with Gasteiger partial charge in [0.2, 0.25) is 0 Å². The van der Waals surface area contributed by atoms with Crippen LogP contribution in [-0.4, -0.2) is 48.3 Å². The van der Waals surface area contributed by atoms with Gasteiger partial charge in [-0.15, -0.1) is 10.2 Å². The SMILES string of the molecule is CCCC1(C(=O)O)CCCN1Cc1nnn(C)n1. The zero-order chi connectivity index (χ0) is 13.2. The first kappa shape index (κ1) is 12.9. The topological polar surface area (TPSA) is 84.1 Å². The molecule has 0 spiro atoms. The molecule has 0 aromatic carbocycles. The number of likely N-dealkylation sites (tertiary alicyclic amines) is 1. The van der Waals surface area contributed by atoms with Crippen molar-refractivity contribution in [1.82, 2.24) is 25.1 Å². The van der Waals surface area contributed by atoms with Crippen LogP contribution < -0.4 is 0 Å². The number of hydrogen-bond acceptors (Lipinski definition) is 5. The lowest BCUT2D eigenvalue weighted by molar-refractivity contribution is -0.150. The Labute approximate surface area is 106 Å². The summed E-state index contributed by atoms with van der Waals surface area (Å²) >= 11 is 0. The minimum Gasteiger partial charge on any atom is -0.480 e. The van der Waals surface area contributed by atoms with Crippen LogP contribution in [0.2, 0.25) is 0 Å². The van der Waals surface area contributed by atoms with Gasteiger partial charge in [-0.1, -0.05) is 13.3 Å². The van der Waals surface area contributed by atoms with Gasteiger partial charge in [0.15, 0.2) is 5.82 Å². The van der Waals surface area contributed by atoms with Crippen LogP contribution in [0.25, 0.3) is 0 Å². The summed E-state index contributed by atoms with van der Waals surface area (Å²) in [5, 5.41) is 21.4. The smallest absolute Gasteiger partial charge is 0.324 e. The van der Waals surface area contributed by atoms with Crippen molar-refractivity contribution in [2.75, 3.05) is 6.54 Å². The van der Waals surface area contributed by atoms with E-state index in [1.54, 1.807) is 7.05 Å². The fourth-order valence-electron chi connectivity index (χ4n) is 2.77. The molecule has 1 saturated heterocycles. The van der Waals surface area contributed by atoms with Crippen LogP contribution in [0.5, 0.6) is 0 Å². The Morgan fingerprint density at radius 2 is 2.33 bits per heavy atom. The van der Waals surface area contributed by atoms with Crippen LogP contribution >= 0.6 is 0 Å². The van der Waals surface area contributed by atoms with Crippen LogP contribution in [0.15, 0.2) is 0 Å². The van der Waals surface area contributed by atoms with Gasteiger partial charge in [-0.2, -0.15) is 4.80 Å². The van der Waals surface area contributed by atoms with Crippen molar-refractivity contribution in [3.63, 3.8) is 0 Å². The average molecular weight is 253 g/mol. The van der Waals surface area contributed by atoms with E-state index < -0.39 is 11.5 Å². The summed E-state index contributed by atoms with van der Waals surface area (Å²) < 4.78 is 0. The summed E-state index contributed by atoms with van der Waals surface area (Å²) in [7, 11) is 1.71. The number of aryl methyl sites for hydroxylation is 1. The number of nitrogens with zero attached hydrogens (tertiary/aromatic N) is 5. The molecule has 18 heavy (non-hydrogen) atoms. The highest BCUT2D eigenvalue weighted by atomic mass is 16.4. The molecule has 1 aromatic rings. The molecule has 0 bridgehead atoms. The summed E-state index contributed by atoms with van der Waals surface area (Å²) in [5.41, 5.74) is -0.742. The maximum atomic E-state index is 11.6. The first-order valence-electron chi connectivity index (χ1n) is 6.30. The average Bonchev–Trinajstić information content (AvgIpc) is 2.88. The van der Waals surface area contributed by atoms with Gasteiger partial charge < -0.3 is 5.11 Å². The van der Waals surface area contributed by atoms with Crippen LogP contribution in [0.3, 0.4) is 0 Å². The molecule has 1 N–H and O–H groups in total. The van der Waals surface area contributed by atoms with Gasteiger partial charge in [0.05, 0.1) is 13.6 Å². The van der Waals surface area contributed by atoms with Gasteiger partial charge in [0, 0.05) is 0 Å². The molecule has 2 rings (SSSR count). The summed E-state index contributed by atoms with van der Waals surface area (Å²) in [6.07, 6.45) is 3.14. The Kier molecular flexibility index (Phi) is 3.60. The molecule has 1 aliphatic heterocycles. The molecule has 7 heteroatoms. The van der Waals surface area contributed by atoms with Crippen molar-refractivity contribution in [3.05, 3.63) is 5.82 Å². The number of rotatable bonds is 5. The number of carboxylic acids is 1. The quantitative estimate of drug-likeness (QED) is 0.819. The molecule has 1 unspecified atom stereocenters. The van der Waals surface area contributed by atoms with E-state index in [1.807, 2.05) is 11.8 Å². The summed E-state index contributed by atoms with van der Waals surface area (Å²) in [4.78, 5) is 15.0. The van der Waals surface area contributed by atoms with Gasteiger partial charge in [-0.05, 0) is 31.0 Å². The maximum absolute atomic E-state index is 11.6. The van der Waals surface area contributed by atoms with Crippen LogP contribution in [0.4, 0.5) is 0 Å². The number of carbonyl (C=O) groups is 1. The lowest BCUT2D eigenvalue weighted by Crippen LogP contribution is -2.50. The minimum absolute atomic E-state index is 0.458. The van der Waals surface area contributed by atoms with E-state index in [4.69, 9.17) is 0 Å². The maximum Gasteiger partial charge on any atom is 0.324 e. The molecule has 2 heterocycles. The van der Waals surface area contributed by atoms with Crippen LogP contribution in [-0.2, 0) is 18.4 Å². The monoisotopic (exact) mass is 253 g/mol. The van der Waals surface area contributed by atoms with Gasteiger partial charge in [0.25, 0.3) is 0 Å². The highest BCUT2D eigenvalue weighted by Crippen LogP contribution is 2.34. The molecule has 100 valence electrons. The van der Waals surface area contributed by atoms with Crippen LogP contribution in [0, 0.1) is 0 Å². The standard InChI is InChI=1S/C11H19N5O2/c1-3-5-11(10(17)18)6-4-7-16(11)8-9-12-14-15(2)13-9/h3-8H2,1-2H3,(H,17,18). The molecule has 0 amide bonds. The Morgan fingerprint density at radius 3 is 2.89 bits per heavy atom. The predicted octanol–water partition coefficient (Wildman–Crippen LogP) is 0.429. The second kappa shape index (κ2) is 5.01. The van der Waals surface area contributed by atoms with E-state index in [-0.39, 0.29) is 0 Å². The normalized spacial score (nSPS) is 24.6. The molecular formula is C11H19N5O2. The number of aromatic nitrogens is 4. The molecule has 0 aliphatic carbocycles. The molecule has 0 radical (unpaired) electrons. The van der Waals surface area contributed by atoms with Crippen molar-refractivity contribution in [3.8, 4) is 0 Å². The van der Waals surface area contributed by atoms with E-state index in [2.05, 4.69) is 15.4 Å². The van der Waals surface area contributed by atoms with E-state index in [9.17, 15) is 9.90 Å². The number of tetrazole rings is 1. The zero-order valence-corrected chi connectivity index (χ0v) is 10.8. The van der Waals surface area contributed by atoms with E-state index >= 15 is 0 Å². The third-order valence-electron chi connectivity index (χ3n) is 3.57. The second-order valence-electron chi connectivity index (χ2n) is 4.81. The highest BCUT2D eigenvalue weighted by Gasteiger charge is 2.47. The molecule has 0 saturated carbocycles. The van der Waals surface area contributed by atoms with Crippen molar-refractivity contribution in [2.24, 2.45) is 7.05 Å². The fourth-order valence-corrected chi connectivity index (χ4v) is 2.77. The number of hydrogen-bond donors (Lipinski definition) is 1. The second-order valence-corrected chi connectivity index (χ2v) is 4.81. The Balaban J connectivity index is 2.17. The third kappa shape index (κ3) is 2.22. The van der Waals surface area contributed by atoms with E-state index in [0.29, 0.717) is 25.2 Å². The zero-order valence-electron chi connectivity index (χ0n) is 10.8. The molecule has 1 aliphatic rings. The summed E-state index contributed by atoms with van der Waals surface area (Å²) in [6.45, 7) is 3.26. The summed E-state index contributed by atoms with van der Waals surface area (Å²) in [5.74, 6) is -0.146. The first-order valence-corrected chi connectivity index (χ1v) is 6.30. The van der Waals surface area contributed by atoms with Crippen molar-refractivity contribution in [1.29, 1.82) is 0 Å². The number of aliphatic carboxylic acids is 1. The minimum atomic E-state index is -0.742. The van der Waals surface area contributed by atoms with E-state index in [0.717, 1.165) is 19.4 Å². The van der Waals surface area contributed by atoms with Gasteiger partial charge in [0.1, 0.15) is 5.54 Å². The largest absolute Gasteiger partial charge is 0.480 e. The molecule has 1 fully saturated rings. The van der Waals surface area contributed by atoms with Crippen molar-refractivity contribution >= 4 is 5.97 Å². The Hall–Kier alpha value is -1.50. The molecule has 7 nitrogen and oxygen atoms in total. The van der Waals surface area contributed by atoms with Crippen molar-refractivity contribution < 1.29 is 9.90 Å². The van der Waals surface area contributed by atoms with Crippen molar-refractivity contribution in [2.45, 2.75) is 44.7 Å². The molecular weight excluding hydrogens is 234 g/mol. The first-order chi connectivity index (χ1) is 8.58. The fraction of sp³-hybridized carbons (Fsp3) is 0.818. The van der Waals surface area contributed by atoms with Gasteiger partial charge in [-0.25, -0.2) is 0 Å². The van der Waals surface area contributed by atoms with Crippen LogP contribution in [0.1, 0.15) is 38.4 Å². The van der Waals surface area contributed by atoms with Gasteiger partial charge >= 0.3 is 5.97 Å². The molecule has 1 aromatic heterocycles. The highest BCUT2D eigenvalue weighted by molar-refractivity contribution is 5.79. The van der Waals surface area contributed by atoms with E-state index in [1.165, 1.54) is 4.80 Å². The summed E-state index contributed by atoms with van der Waals surface area (Å²) in [6, 6.07) is 0. The molecule has 1 atom stereocenters. The lowest BCUT2D eigenvalue weighted by Gasteiger charge is -2.33. The third-order valence-corrected chi connectivity index (χ3v) is 3.57. The lowest BCUT2D eigenvalue weighted by atomic mass is 9.90. The predicted molar refractivity (Wildman–Crippen MR) is 63.7 cm³/mol. The van der Waals surface area contributed by atoms with Gasteiger partial charge in [-0.3, -0.25) is 9.69 Å². The Morgan fingerprint density at radius 1 is 1.56 bits per heavy atom.